The molecule has 5 nitrogen and oxygen atoms in total. The van der Waals surface area contributed by atoms with Crippen LogP contribution in [0, 0.1) is 11.3 Å². The van der Waals surface area contributed by atoms with E-state index in [0.29, 0.717) is 32.6 Å². The Bertz CT molecular complexity index is 304. The fourth-order valence-electron chi connectivity index (χ4n) is 1.69. The van der Waals surface area contributed by atoms with Crippen molar-refractivity contribution in [2.45, 2.75) is 45.3 Å². The lowest BCUT2D eigenvalue weighted by Gasteiger charge is -2.36. The van der Waals surface area contributed by atoms with Crippen LogP contribution in [0.15, 0.2) is 0 Å². The van der Waals surface area contributed by atoms with Crippen molar-refractivity contribution < 1.29 is 14.3 Å². The molecule has 1 aliphatic rings. The molecule has 1 amide bonds. The van der Waals surface area contributed by atoms with Gasteiger partial charge in [-0.15, -0.1) is 0 Å². The average molecular weight is 240 g/mol. The molecule has 1 atom stereocenters. The van der Waals surface area contributed by atoms with E-state index in [2.05, 4.69) is 6.07 Å². The van der Waals surface area contributed by atoms with Gasteiger partial charge in [-0.3, -0.25) is 0 Å². The van der Waals surface area contributed by atoms with E-state index >= 15 is 0 Å². The van der Waals surface area contributed by atoms with Gasteiger partial charge in [0, 0.05) is 13.0 Å². The monoisotopic (exact) mass is 240 g/mol. The zero-order valence-electron chi connectivity index (χ0n) is 10.7. The average Bonchev–Trinajstić information content (AvgIpc) is 2.24. The Morgan fingerprint density at radius 1 is 1.59 bits per heavy atom. The van der Waals surface area contributed by atoms with Crippen molar-refractivity contribution in [1.82, 2.24) is 4.90 Å². The Kier molecular flexibility index (Phi) is 4.76. The predicted octanol–water partition coefficient (Wildman–Crippen LogP) is 1.93. The Morgan fingerprint density at radius 3 is 2.88 bits per heavy atom. The number of carbonyl (C=O) groups is 1. The van der Waals surface area contributed by atoms with Crippen LogP contribution in [0.25, 0.3) is 0 Å². The number of hydrogen-bond donors (Lipinski definition) is 0. The zero-order valence-corrected chi connectivity index (χ0v) is 10.7. The molecule has 5 heteroatoms. The summed E-state index contributed by atoms with van der Waals surface area (Å²) in [4.78, 5) is 13.6. The molecule has 0 spiro atoms. The third-order valence-electron chi connectivity index (χ3n) is 2.44. The lowest BCUT2D eigenvalue weighted by Crippen LogP contribution is -2.50. The predicted molar refractivity (Wildman–Crippen MR) is 62.4 cm³/mol. The van der Waals surface area contributed by atoms with Crippen molar-refractivity contribution in [2.24, 2.45) is 0 Å². The van der Waals surface area contributed by atoms with E-state index in [9.17, 15) is 4.79 Å². The molecule has 1 heterocycles. The molecule has 0 aromatic carbocycles. The molecular formula is C12H20N2O3. The van der Waals surface area contributed by atoms with E-state index in [-0.39, 0.29) is 12.1 Å². The Balaban J connectivity index is 2.58. The summed E-state index contributed by atoms with van der Waals surface area (Å²) in [5, 5.41) is 8.58. The van der Waals surface area contributed by atoms with Crippen LogP contribution in [0.4, 0.5) is 4.79 Å². The summed E-state index contributed by atoms with van der Waals surface area (Å²) in [6.07, 6.45) is 0.743. The molecule has 0 aliphatic carbocycles. The van der Waals surface area contributed by atoms with Crippen LogP contribution in [0.5, 0.6) is 0 Å². The van der Waals surface area contributed by atoms with E-state index in [1.165, 1.54) is 0 Å². The van der Waals surface area contributed by atoms with E-state index < -0.39 is 5.60 Å². The standard InChI is InChI=1S/C12H20N2O3/c1-12(2,3)17-11(15)14-7-8-16-9-10(14)5-4-6-13/h10H,4-5,7-9H2,1-3H3. The van der Waals surface area contributed by atoms with Crippen molar-refractivity contribution in [3.05, 3.63) is 0 Å². The molecule has 0 saturated carbocycles. The van der Waals surface area contributed by atoms with Gasteiger partial charge in [-0.25, -0.2) is 4.79 Å². The van der Waals surface area contributed by atoms with Gasteiger partial charge in [0.2, 0.25) is 0 Å². The minimum absolute atomic E-state index is 0.0433. The maximum atomic E-state index is 12.0. The molecule has 0 aromatic rings. The molecule has 17 heavy (non-hydrogen) atoms. The molecule has 1 fully saturated rings. The Labute approximate surface area is 102 Å². The van der Waals surface area contributed by atoms with Crippen molar-refractivity contribution >= 4 is 6.09 Å². The molecule has 0 bridgehead atoms. The first-order valence-electron chi connectivity index (χ1n) is 5.88. The minimum atomic E-state index is -0.491. The van der Waals surface area contributed by atoms with Crippen LogP contribution in [-0.4, -0.2) is 42.4 Å². The molecule has 96 valence electrons. The maximum absolute atomic E-state index is 12.0. The minimum Gasteiger partial charge on any atom is -0.444 e. The first kappa shape index (κ1) is 13.8. The zero-order chi connectivity index (χ0) is 12.9. The number of carbonyl (C=O) groups excluding carboxylic acids is 1. The fourth-order valence-corrected chi connectivity index (χ4v) is 1.69. The molecular weight excluding hydrogens is 220 g/mol. The number of rotatable bonds is 2. The normalized spacial score (nSPS) is 20.8. The number of nitriles is 1. The third-order valence-corrected chi connectivity index (χ3v) is 2.44. The second-order valence-electron chi connectivity index (χ2n) is 5.10. The van der Waals surface area contributed by atoms with E-state index in [4.69, 9.17) is 14.7 Å². The molecule has 1 unspecified atom stereocenters. The van der Waals surface area contributed by atoms with Gasteiger partial charge in [-0.1, -0.05) is 0 Å². The number of nitrogens with zero attached hydrogens (tertiary/aromatic N) is 2. The highest BCUT2D eigenvalue weighted by Gasteiger charge is 2.30. The third kappa shape index (κ3) is 4.61. The number of hydrogen-bond acceptors (Lipinski definition) is 4. The summed E-state index contributed by atoms with van der Waals surface area (Å²) in [6, 6.07) is 2.05. The summed E-state index contributed by atoms with van der Waals surface area (Å²) in [7, 11) is 0. The summed E-state index contributed by atoms with van der Waals surface area (Å²) in [5.74, 6) is 0. The van der Waals surface area contributed by atoms with Crippen LogP contribution >= 0.6 is 0 Å². The summed E-state index contributed by atoms with van der Waals surface area (Å²) in [6.45, 7) is 7.08. The quantitative estimate of drug-likeness (QED) is 0.739. The van der Waals surface area contributed by atoms with Gasteiger partial charge in [-0.2, -0.15) is 5.26 Å². The smallest absolute Gasteiger partial charge is 0.410 e. The molecule has 1 rings (SSSR count). The van der Waals surface area contributed by atoms with E-state index in [0.717, 1.165) is 0 Å². The van der Waals surface area contributed by atoms with Crippen LogP contribution < -0.4 is 0 Å². The highest BCUT2D eigenvalue weighted by Crippen LogP contribution is 2.17. The second kappa shape index (κ2) is 5.87. The summed E-state index contributed by atoms with van der Waals surface area (Å²) in [5.41, 5.74) is -0.491. The summed E-state index contributed by atoms with van der Waals surface area (Å²) < 4.78 is 10.7. The van der Waals surface area contributed by atoms with E-state index in [1.54, 1.807) is 4.90 Å². The van der Waals surface area contributed by atoms with Crippen LogP contribution in [-0.2, 0) is 9.47 Å². The molecule has 0 radical (unpaired) electrons. The van der Waals surface area contributed by atoms with Crippen LogP contribution in [0.1, 0.15) is 33.6 Å². The van der Waals surface area contributed by atoms with Gasteiger partial charge < -0.3 is 14.4 Å². The van der Waals surface area contributed by atoms with Crippen LogP contribution in [0.2, 0.25) is 0 Å². The fraction of sp³-hybridized carbons (Fsp3) is 0.833. The summed E-state index contributed by atoms with van der Waals surface area (Å²) >= 11 is 0. The second-order valence-corrected chi connectivity index (χ2v) is 5.10. The first-order chi connectivity index (χ1) is 7.94. The van der Waals surface area contributed by atoms with Gasteiger partial charge in [-0.05, 0) is 27.2 Å². The Morgan fingerprint density at radius 2 is 2.29 bits per heavy atom. The van der Waals surface area contributed by atoms with Gasteiger partial charge in [0.1, 0.15) is 5.60 Å². The SMILES string of the molecule is CC(C)(C)OC(=O)N1CCOCC1CCC#N. The van der Waals surface area contributed by atoms with Crippen molar-refractivity contribution in [3.63, 3.8) is 0 Å². The van der Waals surface area contributed by atoms with Crippen molar-refractivity contribution in [3.8, 4) is 6.07 Å². The molecule has 1 aliphatic heterocycles. The highest BCUT2D eigenvalue weighted by atomic mass is 16.6. The van der Waals surface area contributed by atoms with Crippen LogP contribution in [0.3, 0.4) is 0 Å². The molecule has 0 aromatic heterocycles. The van der Waals surface area contributed by atoms with Gasteiger partial charge in [0.15, 0.2) is 0 Å². The van der Waals surface area contributed by atoms with Crippen molar-refractivity contribution in [2.75, 3.05) is 19.8 Å². The first-order valence-corrected chi connectivity index (χ1v) is 5.88. The van der Waals surface area contributed by atoms with Crippen molar-refractivity contribution in [1.29, 1.82) is 5.26 Å². The molecule has 1 saturated heterocycles. The van der Waals surface area contributed by atoms with E-state index in [1.807, 2.05) is 20.8 Å². The van der Waals surface area contributed by atoms with Gasteiger partial charge in [0.05, 0.1) is 25.3 Å². The lowest BCUT2D eigenvalue weighted by molar-refractivity contribution is -0.0336. The highest BCUT2D eigenvalue weighted by molar-refractivity contribution is 5.68. The Hall–Kier alpha value is -1.28. The topological polar surface area (TPSA) is 62.6 Å². The largest absolute Gasteiger partial charge is 0.444 e. The van der Waals surface area contributed by atoms with Gasteiger partial charge >= 0.3 is 6.09 Å². The lowest BCUT2D eigenvalue weighted by atomic mass is 10.1. The number of amides is 1. The number of morpholine rings is 1. The number of ether oxygens (including phenoxy) is 2. The molecule has 0 N–H and O–H groups in total. The maximum Gasteiger partial charge on any atom is 0.410 e. The van der Waals surface area contributed by atoms with Gasteiger partial charge in [0.25, 0.3) is 0 Å².